The van der Waals surface area contributed by atoms with Crippen molar-refractivity contribution in [2.45, 2.75) is 6.92 Å². The standard InChI is InChI=1S/C17H17N3O/c1-12-6-5-7-13(10-12)18-17(21)19-15-11-20(2)16-9-4-3-8-14(15)16/h3-11H,1-2H3,(H2,18,19,21). The summed E-state index contributed by atoms with van der Waals surface area (Å²) >= 11 is 0. The number of aromatic nitrogens is 1. The Labute approximate surface area is 123 Å². The van der Waals surface area contributed by atoms with Gasteiger partial charge in [-0.2, -0.15) is 0 Å². The second-order valence-corrected chi connectivity index (χ2v) is 5.12. The van der Waals surface area contributed by atoms with Crippen molar-refractivity contribution in [3.8, 4) is 0 Å². The van der Waals surface area contributed by atoms with Crippen LogP contribution in [0.15, 0.2) is 54.7 Å². The van der Waals surface area contributed by atoms with Crippen molar-refractivity contribution in [2.75, 3.05) is 10.6 Å². The van der Waals surface area contributed by atoms with Gasteiger partial charge in [-0.25, -0.2) is 4.79 Å². The number of aryl methyl sites for hydroxylation is 2. The number of nitrogens with one attached hydrogen (secondary N) is 2. The zero-order valence-corrected chi connectivity index (χ0v) is 12.1. The summed E-state index contributed by atoms with van der Waals surface area (Å²) < 4.78 is 2.00. The molecule has 3 aromatic rings. The van der Waals surface area contributed by atoms with Crippen molar-refractivity contribution in [1.29, 1.82) is 0 Å². The van der Waals surface area contributed by atoms with Gasteiger partial charge in [0.1, 0.15) is 0 Å². The minimum atomic E-state index is -0.239. The van der Waals surface area contributed by atoms with Crippen LogP contribution in [0.5, 0.6) is 0 Å². The fraction of sp³-hybridized carbons (Fsp3) is 0.118. The van der Waals surface area contributed by atoms with Crippen LogP contribution in [0.4, 0.5) is 16.2 Å². The number of carbonyl (C=O) groups is 1. The molecule has 4 nitrogen and oxygen atoms in total. The van der Waals surface area contributed by atoms with Gasteiger partial charge in [0.2, 0.25) is 0 Å². The first kappa shape index (κ1) is 13.2. The molecule has 0 spiro atoms. The summed E-state index contributed by atoms with van der Waals surface area (Å²) in [6.45, 7) is 1.99. The van der Waals surface area contributed by atoms with Crippen LogP contribution in [0.2, 0.25) is 0 Å². The van der Waals surface area contributed by atoms with E-state index >= 15 is 0 Å². The van der Waals surface area contributed by atoms with Crippen LogP contribution in [-0.2, 0) is 7.05 Å². The fourth-order valence-electron chi connectivity index (χ4n) is 2.45. The highest BCUT2D eigenvalue weighted by atomic mass is 16.2. The molecule has 2 aromatic carbocycles. The van der Waals surface area contributed by atoms with E-state index in [2.05, 4.69) is 10.6 Å². The average molecular weight is 279 g/mol. The number of anilines is 2. The highest BCUT2D eigenvalue weighted by molar-refractivity contribution is 6.06. The maximum Gasteiger partial charge on any atom is 0.323 e. The number of hydrogen-bond acceptors (Lipinski definition) is 1. The Morgan fingerprint density at radius 3 is 2.67 bits per heavy atom. The molecule has 21 heavy (non-hydrogen) atoms. The van der Waals surface area contributed by atoms with E-state index in [1.807, 2.05) is 73.3 Å². The molecule has 0 unspecified atom stereocenters. The Kier molecular flexibility index (Phi) is 3.36. The van der Waals surface area contributed by atoms with Crippen LogP contribution in [0.3, 0.4) is 0 Å². The number of para-hydroxylation sites is 1. The van der Waals surface area contributed by atoms with Crippen molar-refractivity contribution in [3.05, 3.63) is 60.3 Å². The topological polar surface area (TPSA) is 46.1 Å². The van der Waals surface area contributed by atoms with Gasteiger partial charge in [-0.15, -0.1) is 0 Å². The number of nitrogens with zero attached hydrogens (tertiary/aromatic N) is 1. The molecule has 0 saturated heterocycles. The number of benzene rings is 2. The summed E-state index contributed by atoms with van der Waals surface area (Å²) in [6, 6.07) is 15.5. The van der Waals surface area contributed by atoms with Gasteiger partial charge in [0.15, 0.2) is 0 Å². The summed E-state index contributed by atoms with van der Waals surface area (Å²) in [7, 11) is 1.96. The van der Waals surface area contributed by atoms with Crippen LogP contribution in [0.1, 0.15) is 5.56 Å². The molecular weight excluding hydrogens is 262 g/mol. The SMILES string of the molecule is Cc1cccc(NC(=O)Nc2cn(C)c3ccccc23)c1. The Balaban J connectivity index is 1.80. The quantitative estimate of drug-likeness (QED) is 0.728. The Hall–Kier alpha value is -2.75. The number of rotatable bonds is 2. The van der Waals surface area contributed by atoms with Crippen molar-refractivity contribution >= 4 is 28.3 Å². The van der Waals surface area contributed by atoms with E-state index in [-0.39, 0.29) is 6.03 Å². The number of fused-ring (bicyclic) bond motifs is 1. The van der Waals surface area contributed by atoms with E-state index in [9.17, 15) is 4.79 Å². The van der Waals surface area contributed by atoms with Crippen molar-refractivity contribution in [3.63, 3.8) is 0 Å². The first-order valence-electron chi connectivity index (χ1n) is 6.82. The molecule has 0 aliphatic rings. The molecule has 0 saturated carbocycles. The monoisotopic (exact) mass is 279 g/mol. The summed E-state index contributed by atoms with van der Waals surface area (Å²) in [4.78, 5) is 12.1. The van der Waals surface area contributed by atoms with Crippen LogP contribution >= 0.6 is 0 Å². The smallest absolute Gasteiger partial charge is 0.323 e. The van der Waals surface area contributed by atoms with Gasteiger partial charge in [-0.3, -0.25) is 0 Å². The van der Waals surface area contributed by atoms with E-state index < -0.39 is 0 Å². The highest BCUT2D eigenvalue weighted by Gasteiger charge is 2.09. The fourth-order valence-corrected chi connectivity index (χ4v) is 2.45. The number of amides is 2. The zero-order chi connectivity index (χ0) is 14.8. The van der Waals surface area contributed by atoms with E-state index in [1.165, 1.54) is 0 Å². The average Bonchev–Trinajstić information content (AvgIpc) is 2.76. The van der Waals surface area contributed by atoms with E-state index in [0.717, 1.165) is 27.8 Å². The third-order valence-electron chi connectivity index (χ3n) is 3.42. The molecule has 0 atom stereocenters. The van der Waals surface area contributed by atoms with Crippen molar-refractivity contribution in [2.24, 2.45) is 7.05 Å². The lowest BCUT2D eigenvalue weighted by atomic mass is 10.2. The van der Waals surface area contributed by atoms with Gasteiger partial charge < -0.3 is 15.2 Å². The van der Waals surface area contributed by atoms with Crippen LogP contribution in [-0.4, -0.2) is 10.6 Å². The summed E-state index contributed by atoms with van der Waals surface area (Å²) in [5, 5.41) is 6.78. The van der Waals surface area contributed by atoms with Gasteiger partial charge in [0.25, 0.3) is 0 Å². The molecule has 0 fully saturated rings. The van der Waals surface area contributed by atoms with Crippen LogP contribution in [0, 0.1) is 6.92 Å². The predicted molar refractivity (Wildman–Crippen MR) is 86.7 cm³/mol. The molecule has 3 rings (SSSR count). The lowest BCUT2D eigenvalue weighted by Crippen LogP contribution is -2.19. The Bertz CT molecular complexity index is 805. The molecule has 0 aliphatic heterocycles. The third-order valence-corrected chi connectivity index (χ3v) is 3.42. The summed E-state index contributed by atoms with van der Waals surface area (Å²) in [5.41, 5.74) is 3.78. The maximum absolute atomic E-state index is 12.1. The summed E-state index contributed by atoms with van der Waals surface area (Å²) in [6.07, 6.45) is 1.92. The number of hydrogen-bond donors (Lipinski definition) is 2. The molecule has 1 heterocycles. The number of urea groups is 1. The Morgan fingerprint density at radius 1 is 1.05 bits per heavy atom. The van der Waals surface area contributed by atoms with E-state index in [0.29, 0.717) is 0 Å². The zero-order valence-electron chi connectivity index (χ0n) is 12.1. The normalized spacial score (nSPS) is 10.6. The molecular formula is C17H17N3O. The number of carbonyl (C=O) groups excluding carboxylic acids is 1. The largest absolute Gasteiger partial charge is 0.348 e. The van der Waals surface area contributed by atoms with Crippen molar-refractivity contribution in [1.82, 2.24) is 4.57 Å². The minimum Gasteiger partial charge on any atom is -0.348 e. The van der Waals surface area contributed by atoms with Crippen LogP contribution in [0.25, 0.3) is 10.9 Å². The molecule has 2 amide bonds. The van der Waals surface area contributed by atoms with Gasteiger partial charge in [-0.1, -0.05) is 30.3 Å². The molecule has 0 aliphatic carbocycles. The molecule has 0 radical (unpaired) electrons. The first-order valence-corrected chi connectivity index (χ1v) is 6.82. The van der Waals surface area contributed by atoms with E-state index in [1.54, 1.807) is 0 Å². The van der Waals surface area contributed by atoms with E-state index in [4.69, 9.17) is 0 Å². The van der Waals surface area contributed by atoms with Gasteiger partial charge in [0, 0.05) is 29.8 Å². The summed E-state index contributed by atoms with van der Waals surface area (Å²) in [5.74, 6) is 0. The highest BCUT2D eigenvalue weighted by Crippen LogP contribution is 2.25. The molecule has 2 N–H and O–H groups in total. The van der Waals surface area contributed by atoms with Crippen LogP contribution < -0.4 is 10.6 Å². The minimum absolute atomic E-state index is 0.239. The van der Waals surface area contributed by atoms with Gasteiger partial charge in [-0.05, 0) is 30.7 Å². The lowest BCUT2D eigenvalue weighted by molar-refractivity contribution is 0.262. The van der Waals surface area contributed by atoms with Gasteiger partial charge >= 0.3 is 6.03 Å². The van der Waals surface area contributed by atoms with Gasteiger partial charge in [0.05, 0.1) is 5.69 Å². The second kappa shape index (κ2) is 5.32. The molecule has 1 aromatic heterocycles. The first-order chi connectivity index (χ1) is 10.1. The molecule has 106 valence electrons. The lowest BCUT2D eigenvalue weighted by Gasteiger charge is -2.07. The van der Waals surface area contributed by atoms with Crippen molar-refractivity contribution < 1.29 is 4.79 Å². The predicted octanol–water partition coefficient (Wildman–Crippen LogP) is 4.13. The Morgan fingerprint density at radius 2 is 1.86 bits per heavy atom. The maximum atomic E-state index is 12.1. The third kappa shape index (κ3) is 2.74. The molecule has 0 bridgehead atoms. The molecule has 4 heteroatoms. The second-order valence-electron chi connectivity index (χ2n) is 5.12.